The monoisotopic (exact) mass is 283 g/mol. The van der Waals surface area contributed by atoms with E-state index in [0.717, 1.165) is 22.5 Å². The zero-order valence-electron chi connectivity index (χ0n) is 11.0. The van der Waals surface area contributed by atoms with Gasteiger partial charge in [0.05, 0.1) is 11.4 Å². The Morgan fingerprint density at radius 2 is 1.65 bits per heavy atom. The number of nitrogens with zero attached hydrogens (tertiary/aromatic N) is 2. The van der Waals surface area contributed by atoms with Crippen LogP contribution in [0, 0.1) is 6.92 Å². The van der Waals surface area contributed by atoms with Gasteiger partial charge in [0.15, 0.2) is 0 Å². The Labute approximate surface area is 122 Å². The molecule has 2 aromatic carbocycles. The van der Waals surface area contributed by atoms with Crippen LogP contribution in [0.4, 0.5) is 5.82 Å². The van der Waals surface area contributed by atoms with Crippen LogP contribution in [0.1, 0.15) is 5.69 Å². The first-order chi connectivity index (χ1) is 9.66. The highest BCUT2D eigenvalue weighted by atomic mass is 35.5. The van der Waals surface area contributed by atoms with Crippen LogP contribution in [-0.4, -0.2) is 9.78 Å². The van der Waals surface area contributed by atoms with Crippen LogP contribution in [0.25, 0.3) is 16.8 Å². The Bertz CT molecular complexity index is 730. The molecule has 0 atom stereocenters. The summed E-state index contributed by atoms with van der Waals surface area (Å²) in [6.45, 7) is 1.96. The van der Waals surface area contributed by atoms with E-state index in [1.807, 2.05) is 61.5 Å². The lowest BCUT2D eigenvalue weighted by atomic mass is 10.1. The minimum Gasteiger partial charge on any atom is -0.383 e. The average Bonchev–Trinajstić information content (AvgIpc) is 2.76. The molecule has 0 saturated carbocycles. The Hall–Kier alpha value is -2.26. The molecule has 0 fully saturated rings. The molecule has 3 rings (SSSR count). The summed E-state index contributed by atoms with van der Waals surface area (Å²) in [6.07, 6.45) is 0. The maximum absolute atomic E-state index is 6.27. The van der Waals surface area contributed by atoms with E-state index in [0.29, 0.717) is 10.8 Å². The molecule has 0 aliphatic heterocycles. The van der Waals surface area contributed by atoms with Gasteiger partial charge in [0.25, 0.3) is 0 Å². The van der Waals surface area contributed by atoms with Crippen molar-refractivity contribution in [1.82, 2.24) is 9.78 Å². The largest absolute Gasteiger partial charge is 0.383 e. The molecule has 0 spiro atoms. The van der Waals surface area contributed by atoms with Crippen LogP contribution in [0.5, 0.6) is 0 Å². The Morgan fingerprint density at radius 1 is 1.00 bits per heavy atom. The first-order valence-electron chi connectivity index (χ1n) is 6.33. The first kappa shape index (κ1) is 12.8. The number of nitrogen functional groups attached to an aromatic ring is 1. The molecule has 2 N–H and O–H groups in total. The normalized spacial score (nSPS) is 10.7. The first-order valence-corrected chi connectivity index (χ1v) is 6.71. The molecule has 3 nitrogen and oxygen atoms in total. The molecule has 0 unspecified atom stereocenters. The lowest BCUT2D eigenvalue weighted by Crippen LogP contribution is -2.01. The zero-order chi connectivity index (χ0) is 14.1. The predicted octanol–water partition coefficient (Wildman–Crippen LogP) is 4.08. The van der Waals surface area contributed by atoms with Gasteiger partial charge in [0.1, 0.15) is 5.82 Å². The van der Waals surface area contributed by atoms with Crippen LogP contribution in [0.2, 0.25) is 5.02 Å². The van der Waals surface area contributed by atoms with Gasteiger partial charge < -0.3 is 5.73 Å². The van der Waals surface area contributed by atoms with Crippen molar-refractivity contribution in [2.45, 2.75) is 6.92 Å². The predicted molar refractivity (Wildman–Crippen MR) is 83.2 cm³/mol. The number of hydrogen-bond acceptors (Lipinski definition) is 2. The van der Waals surface area contributed by atoms with Gasteiger partial charge in [-0.1, -0.05) is 41.9 Å². The highest BCUT2D eigenvalue weighted by molar-refractivity contribution is 6.30. The number of nitrogens with two attached hydrogens (primary N) is 1. The fourth-order valence-corrected chi connectivity index (χ4v) is 2.41. The number of rotatable bonds is 2. The minimum absolute atomic E-state index is 0.635. The lowest BCUT2D eigenvalue weighted by molar-refractivity contribution is 0.872. The van der Waals surface area contributed by atoms with Gasteiger partial charge in [-0.05, 0) is 36.8 Å². The maximum Gasteiger partial charge on any atom is 0.135 e. The fourth-order valence-electron chi connectivity index (χ4n) is 2.28. The van der Waals surface area contributed by atoms with Crippen LogP contribution < -0.4 is 5.73 Å². The summed E-state index contributed by atoms with van der Waals surface area (Å²) in [5.41, 5.74) is 10.1. The van der Waals surface area contributed by atoms with Crippen molar-refractivity contribution in [2.24, 2.45) is 0 Å². The van der Waals surface area contributed by atoms with Gasteiger partial charge in [-0.15, -0.1) is 0 Å². The van der Waals surface area contributed by atoms with Crippen LogP contribution in [0.15, 0.2) is 54.6 Å². The summed E-state index contributed by atoms with van der Waals surface area (Å²) in [7, 11) is 0. The number of hydrogen-bond donors (Lipinski definition) is 1. The van der Waals surface area contributed by atoms with Crippen LogP contribution in [0.3, 0.4) is 0 Å². The molecule has 1 heterocycles. The SMILES string of the molecule is Cc1nn(-c2ccccc2)c(N)c1-c1ccc(Cl)cc1. The highest BCUT2D eigenvalue weighted by Crippen LogP contribution is 2.31. The highest BCUT2D eigenvalue weighted by Gasteiger charge is 2.15. The Balaban J connectivity index is 2.14. The summed E-state index contributed by atoms with van der Waals surface area (Å²) in [4.78, 5) is 0. The molecule has 0 aliphatic rings. The van der Waals surface area contributed by atoms with E-state index in [-0.39, 0.29) is 0 Å². The molecular formula is C16H14ClN3. The third-order valence-electron chi connectivity index (χ3n) is 3.23. The van der Waals surface area contributed by atoms with Gasteiger partial charge >= 0.3 is 0 Å². The van der Waals surface area contributed by atoms with E-state index in [2.05, 4.69) is 5.10 Å². The van der Waals surface area contributed by atoms with Crippen molar-refractivity contribution in [1.29, 1.82) is 0 Å². The van der Waals surface area contributed by atoms with Crippen LogP contribution >= 0.6 is 11.6 Å². The minimum atomic E-state index is 0.635. The van der Waals surface area contributed by atoms with E-state index < -0.39 is 0 Å². The number of benzene rings is 2. The number of aromatic nitrogens is 2. The van der Waals surface area contributed by atoms with Gasteiger partial charge in [-0.25, -0.2) is 4.68 Å². The summed E-state index contributed by atoms with van der Waals surface area (Å²) in [5, 5.41) is 5.25. The van der Waals surface area contributed by atoms with E-state index in [9.17, 15) is 0 Å². The maximum atomic E-state index is 6.27. The van der Waals surface area contributed by atoms with Gasteiger partial charge in [0, 0.05) is 10.6 Å². The smallest absolute Gasteiger partial charge is 0.135 e. The molecule has 4 heteroatoms. The second-order valence-corrected chi connectivity index (χ2v) is 5.04. The summed E-state index contributed by atoms with van der Waals surface area (Å²) >= 11 is 5.93. The topological polar surface area (TPSA) is 43.8 Å². The third kappa shape index (κ3) is 2.17. The summed E-state index contributed by atoms with van der Waals surface area (Å²) in [6, 6.07) is 17.5. The van der Waals surface area contributed by atoms with Crippen molar-refractivity contribution in [3.63, 3.8) is 0 Å². The zero-order valence-corrected chi connectivity index (χ0v) is 11.8. The molecule has 20 heavy (non-hydrogen) atoms. The molecule has 3 aromatic rings. The van der Waals surface area contributed by atoms with Crippen molar-refractivity contribution in [3.05, 3.63) is 65.3 Å². The average molecular weight is 284 g/mol. The van der Waals surface area contributed by atoms with Gasteiger partial charge in [-0.2, -0.15) is 5.10 Å². The molecule has 0 bridgehead atoms. The van der Waals surface area contributed by atoms with Gasteiger partial charge in [-0.3, -0.25) is 0 Å². The number of anilines is 1. The van der Waals surface area contributed by atoms with E-state index in [4.69, 9.17) is 17.3 Å². The van der Waals surface area contributed by atoms with Crippen LogP contribution in [-0.2, 0) is 0 Å². The molecular weight excluding hydrogens is 270 g/mol. The number of para-hydroxylation sites is 1. The quantitative estimate of drug-likeness (QED) is 0.770. The van der Waals surface area contributed by atoms with Crippen molar-refractivity contribution in [2.75, 3.05) is 5.73 Å². The second kappa shape index (κ2) is 5.02. The number of halogens is 1. The van der Waals surface area contributed by atoms with E-state index in [1.165, 1.54) is 0 Å². The molecule has 0 radical (unpaired) electrons. The lowest BCUT2D eigenvalue weighted by Gasteiger charge is -2.05. The van der Waals surface area contributed by atoms with E-state index >= 15 is 0 Å². The summed E-state index contributed by atoms with van der Waals surface area (Å²) in [5.74, 6) is 0.635. The van der Waals surface area contributed by atoms with Gasteiger partial charge in [0.2, 0.25) is 0 Å². The van der Waals surface area contributed by atoms with Crippen molar-refractivity contribution < 1.29 is 0 Å². The summed E-state index contributed by atoms with van der Waals surface area (Å²) < 4.78 is 1.76. The standard InChI is InChI=1S/C16H14ClN3/c1-11-15(12-7-9-13(17)10-8-12)16(18)20(19-11)14-5-3-2-4-6-14/h2-10H,18H2,1H3. The molecule has 0 amide bonds. The Morgan fingerprint density at radius 3 is 2.30 bits per heavy atom. The number of aryl methyl sites for hydroxylation is 1. The fraction of sp³-hybridized carbons (Fsp3) is 0.0625. The second-order valence-electron chi connectivity index (χ2n) is 4.60. The van der Waals surface area contributed by atoms with Crippen molar-refractivity contribution >= 4 is 17.4 Å². The molecule has 0 aliphatic carbocycles. The third-order valence-corrected chi connectivity index (χ3v) is 3.48. The molecule has 0 saturated heterocycles. The molecule has 1 aromatic heterocycles. The Kier molecular flexibility index (Phi) is 3.20. The van der Waals surface area contributed by atoms with E-state index in [1.54, 1.807) is 4.68 Å². The molecule has 100 valence electrons. The van der Waals surface area contributed by atoms with Crippen molar-refractivity contribution in [3.8, 4) is 16.8 Å².